The van der Waals surface area contributed by atoms with Crippen LogP contribution in [0.25, 0.3) is 0 Å². The van der Waals surface area contributed by atoms with Gasteiger partial charge in [0.2, 0.25) is 0 Å². The molecule has 30 heavy (non-hydrogen) atoms. The first-order valence-corrected chi connectivity index (χ1v) is 17.5. The first-order chi connectivity index (χ1) is 14.3. The van der Waals surface area contributed by atoms with Crippen LogP contribution in [-0.2, 0) is 14.3 Å². The third-order valence-electron chi connectivity index (χ3n) is 5.03. The van der Waals surface area contributed by atoms with Gasteiger partial charge in [-0.05, 0) is 49.6 Å². The first-order valence-electron chi connectivity index (χ1n) is 11.0. The molecule has 0 amide bonds. The standard InChI is InChI=1S/C23H38O3S3Si/c1-20(24)27-16-12-21(26-19-25-14-17-30(2,3)4)18-23(13-8-9-15-28-23)29-22-10-6-5-7-11-22/h5-7,10-11,21H,8-9,12-19H2,1-4H3/t21-,23+/m1/s1. The fourth-order valence-electron chi connectivity index (χ4n) is 3.32. The van der Waals surface area contributed by atoms with Gasteiger partial charge in [-0.2, -0.15) is 0 Å². The van der Waals surface area contributed by atoms with Crippen LogP contribution in [0.2, 0.25) is 25.7 Å². The Morgan fingerprint density at radius 2 is 2.00 bits per heavy atom. The molecule has 7 heteroatoms. The summed E-state index contributed by atoms with van der Waals surface area (Å²) in [7, 11) is -1.09. The van der Waals surface area contributed by atoms with Crippen molar-refractivity contribution in [3.05, 3.63) is 30.3 Å². The Bertz CT molecular complexity index is 616. The monoisotopic (exact) mass is 486 g/mol. The highest BCUT2D eigenvalue weighted by Crippen LogP contribution is 2.52. The summed E-state index contributed by atoms with van der Waals surface area (Å²) in [6, 6.07) is 11.9. The molecule has 1 fully saturated rings. The topological polar surface area (TPSA) is 35.5 Å². The van der Waals surface area contributed by atoms with E-state index in [0.717, 1.165) is 31.2 Å². The lowest BCUT2D eigenvalue weighted by molar-refractivity contribution is -0.109. The van der Waals surface area contributed by atoms with E-state index >= 15 is 0 Å². The predicted octanol–water partition coefficient (Wildman–Crippen LogP) is 7.15. The van der Waals surface area contributed by atoms with Gasteiger partial charge in [-0.3, -0.25) is 4.79 Å². The summed E-state index contributed by atoms with van der Waals surface area (Å²) in [5, 5.41) is 0.181. The van der Waals surface area contributed by atoms with Gasteiger partial charge in [-0.1, -0.05) is 56.0 Å². The van der Waals surface area contributed by atoms with Crippen molar-refractivity contribution in [3.63, 3.8) is 0 Å². The van der Waals surface area contributed by atoms with Gasteiger partial charge in [-0.15, -0.1) is 23.5 Å². The van der Waals surface area contributed by atoms with Gasteiger partial charge < -0.3 is 9.47 Å². The van der Waals surface area contributed by atoms with Crippen molar-refractivity contribution in [3.8, 4) is 0 Å². The van der Waals surface area contributed by atoms with Crippen LogP contribution in [0.3, 0.4) is 0 Å². The van der Waals surface area contributed by atoms with E-state index in [1.54, 1.807) is 6.92 Å². The molecule has 0 spiro atoms. The van der Waals surface area contributed by atoms with Crippen molar-refractivity contribution < 1.29 is 14.3 Å². The lowest BCUT2D eigenvalue weighted by Gasteiger charge is -2.38. The number of carbonyl (C=O) groups excluding carboxylic acids is 1. The molecule has 1 aliphatic heterocycles. The van der Waals surface area contributed by atoms with Crippen LogP contribution in [0.1, 0.15) is 39.0 Å². The number of hydrogen-bond acceptors (Lipinski definition) is 6. The number of rotatable bonds is 13. The largest absolute Gasteiger partial charge is 0.356 e. The molecular weight excluding hydrogens is 449 g/mol. The molecule has 1 aromatic carbocycles. The molecule has 2 atom stereocenters. The Labute approximate surface area is 197 Å². The van der Waals surface area contributed by atoms with Crippen molar-refractivity contribution in [1.82, 2.24) is 0 Å². The van der Waals surface area contributed by atoms with Gasteiger partial charge in [0.15, 0.2) is 5.12 Å². The first kappa shape index (κ1) is 26.3. The highest BCUT2D eigenvalue weighted by Gasteiger charge is 2.37. The molecule has 3 nitrogen and oxygen atoms in total. The maximum atomic E-state index is 11.4. The number of thioether (sulfide) groups is 3. The summed E-state index contributed by atoms with van der Waals surface area (Å²) >= 11 is 5.50. The smallest absolute Gasteiger partial charge is 0.185 e. The zero-order valence-corrected chi connectivity index (χ0v) is 22.4. The van der Waals surface area contributed by atoms with Crippen molar-refractivity contribution in [2.45, 2.75) is 79.8 Å². The molecule has 1 aromatic rings. The molecule has 1 saturated heterocycles. The van der Waals surface area contributed by atoms with Gasteiger partial charge in [0.1, 0.15) is 6.79 Å². The minimum absolute atomic E-state index is 0.116. The van der Waals surface area contributed by atoms with Crippen LogP contribution in [0.15, 0.2) is 35.2 Å². The maximum absolute atomic E-state index is 11.4. The third-order valence-corrected chi connectivity index (χ3v) is 10.8. The predicted molar refractivity (Wildman–Crippen MR) is 138 cm³/mol. The van der Waals surface area contributed by atoms with E-state index in [9.17, 15) is 4.79 Å². The van der Waals surface area contributed by atoms with E-state index in [2.05, 4.69) is 61.7 Å². The van der Waals surface area contributed by atoms with Gasteiger partial charge >= 0.3 is 0 Å². The average Bonchev–Trinajstić information content (AvgIpc) is 2.68. The zero-order valence-electron chi connectivity index (χ0n) is 19.0. The van der Waals surface area contributed by atoms with Crippen LogP contribution >= 0.6 is 35.3 Å². The molecule has 0 saturated carbocycles. The number of carbonyl (C=O) groups is 1. The summed E-state index contributed by atoms with van der Waals surface area (Å²) in [5.41, 5.74) is 0. The molecule has 1 aliphatic rings. The van der Waals surface area contributed by atoms with Gasteiger partial charge in [0, 0.05) is 32.3 Å². The molecule has 2 rings (SSSR count). The molecule has 0 bridgehead atoms. The Morgan fingerprint density at radius 3 is 2.63 bits per heavy atom. The Kier molecular flexibility index (Phi) is 11.9. The van der Waals surface area contributed by atoms with Crippen molar-refractivity contribution in [2.24, 2.45) is 0 Å². The highest BCUT2D eigenvalue weighted by atomic mass is 32.2. The third kappa shape index (κ3) is 11.1. The highest BCUT2D eigenvalue weighted by molar-refractivity contribution is 8.18. The minimum Gasteiger partial charge on any atom is -0.356 e. The molecule has 0 aromatic heterocycles. The second-order valence-corrected chi connectivity index (χ2v) is 19.2. The molecule has 1 heterocycles. The lowest BCUT2D eigenvalue weighted by Crippen LogP contribution is -2.32. The summed E-state index contributed by atoms with van der Waals surface area (Å²) in [5.74, 6) is 2.02. The Hall–Kier alpha value is 0.0769. The van der Waals surface area contributed by atoms with E-state index in [1.807, 2.05) is 11.8 Å². The van der Waals surface area contributed by atoms with Crippen LogP contribution in [0, 0.1) is 0 Å². The second-order valence-electron chi connectivity index (χ2n) is 9.09. The van der Waals surface area contributed by atoms with Gasteiger partial charge in [0.25, 0.3) is 0 Å². The zero-order chi connectivity index (χ0) is 21.9. The van der Waals surface area contributed by atoms with Crippen molar-refractivity contribution in [2.75, 3.05) is 24.9 Å². The molecule has 0 radical (unpaired) electrons. The Morgan fingerprint density at radius 1 is 1.23 bits per heavy atom. The van der Waals surface area contributed by atoms with Crippen molar-refractivity contribution in [1.29, 1.82) is 0 Å². The normalized spacial score (nSPS) is 20.8. The number of hydrogen-bond donors (Lipinski definition) is 0. The molecule has 0 unspecified atom stereocenters. The second kappa shape index (κ2) is 13.6. The van der Waals surface area contributed by atoms with E-state index in [0.29, 0.717) is 6.79 Å². The summed E-state index contributed by atoms with van der Waals surface area (Å²) in [6.07, 6.45) is 5.77. The van der Waals surface area contributed by atoms with Gasteiger partial charge in [-0.25, -0.2) is 0 Å². The molecule has 0 aliphatic carbocycles. The molecule has 170 valence electrons. The quantitative estimate of drug-likeness (QED) is 0.167. The van der Waals surface area contributed by atoms with Gasteiger partial charge in [0.05, 0.1) is 10.2 Å². The fourth-order valence-corrected chi connectivity index (χ4v) is 8.07. The lowest BCUT2D eigenvalue weighted by atomic mass is 10.1. The minimum atomic E-state index is -1.09. The van der Waals surface area contributed by atoms with Crippen LogP contribution in [0.4, 0.5) is 0 Å². The summed E-state index contributed by atoms with van der Waals surface area (Å²) in [4.78, 5) is 12.7. The molecule has 0 N–H and O–H groups in total. The summed E-state index contributed by atoms with van der Waals surface area (Å²) < 4.78 is 12.2. The molecular formula is C23H38O3S3Si. The maximum Gasteiger partial charge on any atom is 0.185 e. The van der Waals surface area contributed by atoms with Crippen molar-refractivity contribution >= 4 is 48.5 Å². The van der Waals surface area contributed by atoms with E-state index in [4.69, 9.17) is 9.47 Å². The van der Waals surface area contributed by atoms with E-state index in [1.165, 1.54) is 41.7 Å². The van der Waals surface area contributed by atoms with E-state index < -0.39 is 8.07 Å². The number of ether oxygens (including phenoxy) is 2. The van der Waals surface area contributed by atoms with Crippen LogP contribution < -0.4 is 0 Å². The average molecular weight is 487 g/mol. The van der Waals surface area contributed by atoms with E-state index in [-0.39, 0.29) is 15.3 Å². The number of benzene rings is 1. The summed E-state index contributed by atoms with van der Waals surface area (Å²) in [6.45, 7) is 9.88. The van der Waals surface area contributed by atoms with Crippen LogP contribution in [-0.4, -0.2) is 48.3 Å². The SMILES string of the molecule is CC(=O)SCC[C@H](C[C@@]1(Sc2ccccc2)CCCCS1)OCOCC[Si](C)(C)C. The fraction of sp³-hybridized carbons (Fsp3) is 0.696. The van der Waals surface area contributed by atoms with Crippen LogP contribution in [0.5, 0.6) is 0 Å². The Balaban J connectivity index is 1.97.